The largest absolute Gasteiger partial charge is 0.357 e. The predicted octanol–water partition coefficient (Wildman–Crippen LogP) is 0.778. The van der Waals surface area contributed by atoms with Crippen molar-refractivity contribution in [1.29, 1.82) is 0 Å². The number of aromatic nitrogens is 2. The molecule has 2 N–H and O–H groups in total. The molecular formula is C9H10N4O. The van der Waals surface area contributed by atoms with E-state index in [0.717, 1.165) is 11.0 Å². The first kappa shape index (κ1) is 8.55. The SMILES string of the molecule is CNc1nc2ccccc2n1NC=O. The van der Waals surface area contributed by atoms with E-state index in [0.29, 0.717) is 12.4 Å². The summed E-state index contributed by atoms with van der Waals surface area (Å²) in [7, 11) is 1.75. The van der Waals surface area contributed by atoms with Gasteiger partial charge >= 0.3 is 0 Å². The van der Waals surface area contributed by atoms with Crippen LogP contribution in [-0.2, 0) is 4.79 Å². The maximum Gasteiger partial charge on any atom is 0.226 e. The molecular weight excluding hydrogens is 180 g/mol. The van der Waals surface area contributed by atoms with Crippen LogP contribution in [0.2, 0.25) is 0 Å². The van der Waals surface area contributed by atoms with Crippen LogP contribution < -0.4 is 10.7 Å². The normalized spacial score (nSPS) is 10.1. The van der Waals surface area contributed by atoms with E-state index in [2.05, 4.69) is 15.7 Å². The Labute approximate surface area is 80.7 Å². The van der Waals surface area contributed by atoms with Crippen molar-refractivity contribution in [3.05, 3.63) is 24.3 Å². The van der Waals surface area contributed by atoms with Crippen molar-refractivity contribution < 1.29 is 4.79 Å². The topological polar surface area (TPSA) is 59.0 Å². The fourth-order valence-electron chi connectivity index (χ4n) is 1.38. The van der Waals surface area contributed by atoms with E-state index in [1.54, 1.807) is 11.7 Å². The van der Waals surface area contributed by atoms with Crippen molar-refractivity contribution in [2.24, 2.45) is 0 Å². The second-order valence-corrected chi connectivity index (χ2v) is 2.76. The summed E-state index contributed by atoms with van der Waals surface area (Å²) in [4.78, 5) is 14.7. The quantitative estimate of drug-likeness (QED) is 0.703. The van der Waals surface area contributed by atoms with Crippen molar-refractivity contribution in [2.45, 2.75) is 0 Å². The summed E-state index contributed by atoms with van der Waals surface area (Å²) in [5.41, 5.74) is 4.27. The van der Waals surface area contributed by atoms with Crippen LogP contribution in [0.5, 0.6) is 0 Å². The van der Waals surface area contributed by atoms with Crippen molar-refractivity contribution in [3.63, 3.8) is 0 Å². The lowest BCUT2D eigenvalue weighted by molar-refractivity contribution is -0.106. The van der Waals surface area contributed by atoms with Crippen LogP contribution in [0.4, 0.5) is 5.95 Å². The van der Waals surface area contributed by atoms with E-state index in [9.17, 15) is 4.79 Å². The zero-order chi connectivity index (χ0) is 9.97. The first-order chi connectivity index (χ1) is 6.86. The Kier molecular flexibility index (Phi) is 2.06. The summed E-state index contributed by atoms with van der Waals surface area (Å²) in [6.07, 6.45) is 0.620. The van der Waals surface area contributed by atoms with E-state index in [1.807, 2.05) is 24.3 Å². The molecule has 1 aromatic heterocycles. The molecule has 0 saturated carbocycles. The highest BCUT2D eigenvalue weighted by molar-refractivity contribution is 5.80. The number of nitrogens with zero attached hydrogens (tertiary/aromatic N) is 2. The molecule has 0 aliphatic rings. The number of fused-ring (bicyclic) bond motifs is 1. The van der Waals surface area contributed by atoms with Gasteiger partial charge in [0.15, 0.2) is 0 Å². The fraction of sp³-hybridized carbons (Fsp3) is 0.111. The Hall–Kier alpha value is -2.04. The first-order valence-electron chi connectivity index (χ1n) is 4.22. The number of para-hydroxylation sites is 2. The smallest absolute Gasteiger partial charge is 0.226 e. The van der Waals surface area contributed by atoms with Gasteiger partial charge in [-0.25, -0.2) is 9.66 Å². The summed E-state index contributed by atoms with van der Waals surface area (Å²) in [5, 5.41) is 2.90. The van der Waals surface area contributed by atoms with Crippen LogP contribution in [-0.4, -0.2) is 23.1 Å². The summed E-state index contributed by atoms with van der Waals surface area (Å²) >= 11 is 0. The average molecular weight is 190 g/mol. The second-order valence-electron chi connectivity index (χ2n) is 2.76. The molecule has 0 fully saturated rings. The van der Waals surface area contributed by atoms with Crippen molar-refractivity contribution in [1.82, 2.24) is 9.66 Å². The molecule has 0 bridgehead atoms. The molecule has 1 aromatic carbocycles. The summed E-state index contributed by atoms with van der Waals surface area (Å²) in [6, 6.07) is 7.57. The van der Waals surface area contributed by atoms with Gasteiger partial charge in [-0.15, -0.1) is 0 Å². The lowest BCUT2D eigenvalue weighted by Gasteiger charge is -2.04. The first-order valence-corrected chi connectivity index (χ1v) is 4.22. The minimum absolute atomic E-state index is 0.610. The maximum atomic E-state index is 10.4. The van der Waals surface area contributed by atoms with Crippen molar-refractivity contribution in [2.75, 3.05) is 17.8 Å². The Balaban J connectivity index is 2.67. The fourth-order valence-corrected chi connectivity index (χ4v) is 1.38. The molecule has 0 aliphatic carbocycles. The number of nitrogens with one attached hydrogen (secondary N) is 2. The van der Waals surface area contributed by atoms with Crippen LogP contribution >= 0.6 is 0 Å². The van der Waals surface area contributed by atoms with Gasteiger partial charge < -0.3 is 5.32 Å². The van der Waals surface area contributed by atoms with Gasteiger partial charge in [-0.05, 0) is 12.1 Å². The van der Waals surface area contributed by atoms with Gasteiger partial charge in [0.2, 0.25) is 12.4 Å². The molecule has 1 heterocycles. The third-order valence-electron chi connectivity index (χ3n) is 1.97. The van der Waals surface area contributed by atoms with Gasteiger partial charge in [0, 0.05) is 7.05 Å². The molecule has 0 spiro atoms. The second kappa shape index (κ2) is 3.37. The Bertz CT molecular complexity index is 463. The van der Waals surface area contributed by atoms with Gasteiger partial charge in [0.05, 0.1) is 11.0 Å². The van der Waals surface area contributed by atoms with Crippen LogP contribution in [0.1, 0.15) is 0 Å². The molecule has 0 radical (unpaired) electrons. The molecule has 2 rings (SSSR count). The number of amides is 1. The molecule has 0 unspecified atom stereocenters. The molecule has 0 atom stereocenters. The monoisotopic (exact) mass is 190 g/mol. The Morgan fingerprint density at radius 3 is 2.93 bits per heavy atom. The molecule has 5 heteroatoms. The summed E-state index contributed by atoms with van der Waals surface area (Å²) in [6.45, 7) is 0. The Morgan fingerprint density at radius 2 is 2.21 bits per heavy atom. The highest BCUT2D eigenvalue weighted by Gasteiger charge is 2.07. The van der Waals surface area contributed by atoms with E-state index in [4.69, 9.17) is 0 Å². The molecule has 0 saturated heterocycles. The van der Waals surface area contributed by atoms with Crippen LogP contribution in [0.15, 0.2) is 24.3 Å². The number of imidazole rings is 1. The molecule has 2 aromatic rings. The van der Waals surface area contributed by atoms with E-state index >= 15 is 0 Å². The number of hydrogen-bond donors (Lipinski definition) is 2. The van der Waals surface area contributed by atoms with E-state index in [-0.39, 0.29) is 0 Å². The predicted molar refractivity (Wildman–Crippen MR) is 54.7 cm³/mol. The highest BCUT2D eigenvalue weighted by Crippen LogP contribution is 2.16. The van der Waals surface area contributed by atoms with E-state index in [1.165, 1.54) is 0 Å². The lowest BCUT2D eigenvalue weighted by Crippen LogP contribution is -2.14. The number of benzene rings is 1. The Morgan fingerprint density at radius 1 is 1.43 bits per heavy atom. The average Bonchev–Trinajstić information content (AvgIpc) is 2.58. The highest BCUT2D eigenvalue weighted by atomic mass is 16.1. The van der Waals surface area contributed by atoms with Crippen LogP contribution in [0.25, 0.3) is 11.0 Å². The standard InChI is InChI=1S/C9H10N4O/c1-10-9-12-7-4-2-3-5-8(7)13(9)11-6-14/h2-6H,1H3,(H,10,12)(H,11,14). The molecule has 1 amide bonds. The summed E-state index contributed by atoms with van der Waals surface area (Å²) in [5.74, 6) is 0.610. The molecule has 72 valence electrons. The van der Waals surface area contributed by atoms with Gasteiger partial charge in [-0.2, -0.15) is 0 Å². The third kappa shape index (κ3) is 1.19. The number of carbonyl (C=O) groups excluding carboxylic acids is 1. The molecule has 0 aliphatic heterocycles. The summed E-state index contributed by atoms with van der Waals surface area (Å²) < 4.78 is 1.60. The minimum Gasteiger partial charge on any atom is -0.357 e. The van der Waals surface area contributed by atoms with Crippen molar-refractivity contribution in [3.8, 4) is 0 Å². The van der Waals surface area contributed by atoms with Gasteiger partial charge in [0.25, 0.3) is 0 Å². The number of carbonyl (C=O) groups is 1. The van der Waals surface area contributed by atoms with Gasteiger partial charge in [0.1, 0.15) is 0 Å². The zero-order valence-electron chi connectivity index (χ0n) is 7.69. The van der Waals surface area contributed by atoms with Gasteiger partial charge in [-0.3, -0.25) is 10.2 Å². The number of anilines is 1. The molecule has 14 heavy (non-hydrogen) atoms. The van der Waals surface area contributed by atoms with Crippen LogP contribution in [0, 0.1) is 0 Å². The maximum absolute atomic E-state index is 10.4. The van der Waals surface area contributed by atoms with E-state index < -0.39 is 0 Å². The lowest BCUT2D eigenvalue weighted by atomic mass is 10.3. The van der Waals surface area contributed by atoms with Crippen LogP contribution in [0.3, 0.4) is 0 Å². The third-order valence-corrected chi connectivity index (χ3v) is 1.97. The zero-order valence-corrected chi connectivity index (χ0v) is 7.69. The number of rotatable bonds is 3. The molecule has 5 nitrogen and oxygen atoms in total. The van der Waals surface area contributed by atoms with Crippen molar-refractivity contribution >= 4 is 23.4 Å². The number of hydrogen-bond acceptors (Lipinski definition) is 3. The van der Waals surface area contributed by atoms with Gasteiger partial charge in [-0.1, -0.05) is 12.1 Å². The minimum atomic E-state index is 0.610.